The van der Waals surface area contributed by atoms with Crippen molar-refractivity contribution < 1.29 is 14.3 Å². The van der Waals surface area contributed by atoms with Crippen molar-refractivity contribution >= 4 is 40.3 Å². The average Bonchev–Trinajstić information content (AvgIpc) is 3.41. The first-order valence-electron chi connectivity index (χ1n) is 10.4. The van der Waals surface area contributed by atoms with Gasteiger partial charge in [-0.1, -0.05) is 6.07 Å². The quantitative estimate of drug-likeness (QED) is 0.680. The maximum absolute atomic E-state index is 12.6. The van der Waals surface area contributed by atoms with E-state index in [1.54, 1.807) is 14.2 Å². The lowest BCUT2D eigenvalue weighted by Gasteiger charge is -2.22. The van der Waals surface area contributed by atoms with Gasteiger partial charge in [0, 0.05) is 24.7 Å². The Morgan fingerprint density at radius 1 is 1.03 bits per heavy atom. The number of aliphatic imine (C=N–C) groups is 1. The van der Waals surface area contributed by atoms with Gasteiger partial charge >= 0.3 is 0 Å². The van der Waals surface area contributed by atoms with Gasteiger partial charge in [-0.05, 0) is 73.9 Å². The van der Waals surface area contributed by atoms with Crippen LogP contribution in [0.2, 0.25) is 0 Å². The number of benzene rings is 2. The maximum atomic E-state index is 12.6. The van der Waals surface area contributed by atoms with Crippen LogP contribution < -0.4 is 19.7 Å². The van der Waals surface area contributed by atoms with Crippen LogP contribution in [-0.4, -0.2) is 38.4 Å². The summed E-state index contributed by atoms with van der Waals surface area (Å²) >= 11 is 1.32. The molecular formula is C24H27N3O3S. The molecule has 2 aliphatic rings. The van der Waals surface area contributed by atoms with Crippen molar-refractivity contribution in [3.8, 4) is 11.5 Å². The molecule has 0 bridgehead atoms. The molecule has 0 aliphatic carbocycles. The van der Waals surface area contributed by atoms with Gasteiger partial charge in [-0.25, -0.2) is 4.99 Å². The number of anilines is 1. The number of aryl methyl sites for hydroxylation is 2. The van der Waals surface area contributed by atoms with Gasteiger partial charge in [0.2, 0.25) is 0 Å². The third kappa shape index (κ3) is 4.56. The predicted octanol–water partition coefficient (Wildman–Crippen LogP) is 4.81. The predicted molar refractivity (Wildman–Crippen MR) is 128 cm³/mol. The van der Waals surface area contributed by atoms with E-state index in [0.717, 1.165) is 35.8 Å². The van der Waals surface area contributed by atoms with Crippen LogP contribution in [-0.2, 0) is 4.79 Å². The molecule has 2 fully saturated rings. The number of hydrogen-bond acceptors (Lipinski definition) is 6. The van der Waals surface area contributed by atoms with E-state index in [-0.39, 0.29) is 5.91 Å². The largest absolute Gasteiger partial charge is 0.496 e. The summed E-state index contributed by atoms with van der Waals surface area (Å²) in [5.74, 6) is 1.32. The number of methoxy groups -OCH3 is 2. The molecule has 0 saturated carbocycles. The second-order valence-electron chi connectivity index (χ2n) is 7.71. The van der Waals surface area contributed by atoms with Crippen LogP contribution in [0.5, 0.6) is 11.5 Å². The van der Waals surface area contributed by atoms with Crippen molar-refractivity contribution in [1.82, 2.24) is 5.32 Å². The molecule has 162 valence electrons. The summed E-state index contributed by atoms with van der Waals surface area (Å²) < 4.78 is 11.3. The SMILES string of the molecule is COc1cc(N2CCCC2)c(OC)cc1/C=C1\SC(=Nc2ccc(C)c(C)c2)NC1=O. The fourth-order valence-electron chi connectivity index (χ4n) is 3.76. The molecule has 0 spiro atoms. The highest BCUT2D eigenvalue weighted by Crippen LogP contribution is 2.39. The molecule has 2 aliphatic heterocycles. The second-order valence-corrected chi connectivity index (χ2v) is 8.74. The topological polar surface area (TPSA) is 63.2 Å². The lowest BCUT2D eigenvalue weighted by atomic mass is 10.1. The number of nitrogens with one attached hydrogen (secondary N) is 1. The van der Waals surface area contributed by atoms with Crippen molar-refractivity contribution in [2.75, 3.05) is 32.2 Å². The summed E-state index contributed by atoms with van der Waals surface area (Å²) in [4.78, 5) is 20.0. The summed E-state index contributed by atoms with van der Waals surface area (Å²) in [6.45, 7) is 6.14. The van der Waals surface area contributed by atoms with E-state index in [1.807, 2.05) is 36.4 Å². The van der Waals surface area contributed by atoms with Crippen LogP contribution in [0.15, 0.2) is 40.2 Å². The van der Waals surface area contributed by atoms with Crippen molar-refractivity contribution in [2.45, 2.75) is 26.7 Å². The Morgan fingerprint density at radius 3 is 2.45 bits per heavy atom. The molecule has 0 aromatic heterocycles. The van der Waals surface area contributed by atoms with Crippen LogP contribution >= 0.6 is 11.8 Å². The van der Waals surface area contributed by atoms with Crippen molar-refractivity contribution in [3.63, 3.8) is 0 Å². The van der Waals surface area contributed by atoms with Crippen LogP contribution in [0.3, 0.4) is 0 Å². The maximum Gasteiger partial charge on any atom is 0.264 e. The molecule has 2 heterocycles. The first-order valence-corrected chi connectivity index (χ1v) is 11.2. The Balaban J connectivity index is 1.63. The lowest BCUT2D eigenvalue weighted by Crippen LogP contribution is -2.19. The fraction of sp³-hybridized carbons (Fsp3) is 0.333. The number of hydrogen-bond donors (Lipinski definition) is 1. The van der Waals surface area contributed by atoms with Gasteiger partial charge in [0.15, 0.2) is 5.17 Å². The van der Waals surface area contributed by atoms with Crippen LogP contribution in [0.25, 0.3) is 6.08 Å². The summed E-state index contributed by atoms with van der Waals surface area (Å²) in [5, 5.41) is 3.42. The highest BCUT2D eigenvalue weighted by Gasteiger charge is 2.25. The number of thioether (sulfide) groups is 1. The van der Waals surface area contributed by atoms with Gasteiger partial charge in [-0.3, -0.25) is 4.79 Å². The van der Waals surface area contributed by atoms with E-state index in [2.05, 4.69) is 29.1 Å². The number of amidine groups is 1. The molecule has 1 amide bonds. The van der Waals surface area contributed by atoms with E-state index in [1.165, 1.54) is 35.7 Å². The molecule has 2 aromatic rings. The number of nitrogens with zero attached hydrogens (tertiary/aromatic N) is 2. The second kappa shape index (κ2) is 9.06. The van der Waals surface area contributed by atoms with E-state index in [0.29, 0.717) is 15.8 Å². The Kier molecular flexibility index (Phi) is 6.23. The molecule has 31 heavy (non-hydrogen) atoms. The first-order chi connectivity index (χ1) is 15.0. The molecule has 0 atom stereocenters. The summed E-state index contributed by atoms with van der Waals surface area (Å²) in [7, 11) is 3.32. The molecule has 1 N–H and O–H groups in total. The zero-order chi connectivity index (χ0) is 22.0. The van der Waals surface area contributed by atoms with Crippen molar-refractivity contribution in [1.29, 1.82) is 0 Å². The average molecular weight is 438 g/mol. The fourth-order valence-corrected chi connectivity index (χ4v) is 4.59. The van der Waals surface area contributed by atoms with Crippen LogP contribution in [0.1, 0.15) is 29.5 Å². The minimum atomic E-state index is -0.169. The van der Waals surface area contributed by atoms with Crippen molar-refractivity contribution in [2.24, 2.45) is 4.99 Å². The van der Waals surface area contributed by atoms with Gasteiger partial charge in [-0.2, -0.15) is 0 Å². The molecule has 0 unspecified atom stereocenters. The molecule has 0 radical (unpaired) electrons. The third-order valence-corrected chi connectivity index (χ3v) is 6.55. The van der Waals surface area contributed by atoms with Gasteiger partial charge in [0.05, 0.1) is 30.5 Å². The zero-order valence-corrected chi connectivity index (χ0v) is 19.1. The van der Waals surface area contributed by atoms with Gasteiger partial charge in [0.1, 0.15) is 11.5 Å². The summed E-state index contributed by atoms with van der Waals surface area (Å²) in [6.07, 6.45) is 4.19. The number of carbonyl (C=O) groups is 1. The molecule has 2 saturated heterocycles. The highest BCUT2D eigenvalue weighted by atomic mass is 32.2. The summed E-state index contributed by atoms with van der Waals surface area (Å²) in [6, 6.07) is 9.94. The van der Waals surface area contributed by atoms with Gasteiger partial charge in [-0.15, -0.1) is 0 Å². The number of amides is 1. The number of carbonyl (C=O) groups excluding carboxylic acids is 1. The molecule has 4 rings (SSSR count). The zero-order valence-electron chi connectivity index (χ0n) is 18.3. The summed E-state index contributed by atoms with van der Waals surface area (Å²) in [5.41, 5.74) is 5.03. The minimum absolute atomic E-state index is 0.169. The van der Waals surface area contributed by atoms with E-state index in [4.69, 9.17) is 9.47 Å². The molecule has 6 nitrogen and oxygen atoms in total. The van der Waals surface area contributed by atoms with E-state index >= 15 is 0 Å². The Morgan fingerprint density at radius 2 is 1.77 bits per heavy atom. The van der Waals surface area contributed by atoms with Crippen molar-refractivity contribution in [3.05, 3.63) is 51.9 Å². The standard InChI is InChI=1S/C24H27N3O3S/c1-15-7-8-18(11-16(15)2)25-24-26-23(28)22(31-24)13-17-12-21(30-4)19(14-20(17)29-3)27-9-5-6-10-27/h7-8,11-14H,5-6,9-10H2,1-4H3,(H,25,26,28)/b22-13-. The first kappa shape index (κ1) is 21.3. The van der Waals surface area contributed by atoms with Gasteiger partial charge in [0.25, 0.3) is 5.91 Å². The molecular weight excluding hydrogens is 410 g/mol. The third-order valence-electron chi connectivity index (χ3n) is 5.64. The van der Waals surface area contributed by atoms with E-state index < -0.39 is 0 Å². The molecule has 2 aromatic carbocycles. The van der Waals surface area contributed by atoms with Crippen LogP contribution in [0.4, 0.5) is 11.4 Å². The molecule has 7 heteroatoms. The monoisotopic (exact) mass is 437 g/mol. The lowest BCUT2D eigenvalue weighted by molar-refractivity contribution is -0.115. The smallest absolute Gasteiger partial charge is 0.264 e. The number of rotatable bonds is 5. The normalized spacial score (nSPS) is 18.7. The highest BCUT2D eigenvalue weighted by molar-refractivity contribution is 8.18. The van der Waals surface area contributed by atoms with E-state index in [9.17, 15) is 4.79 Å². The minimum Gasteiger partial charge on any atom is -0.496 e. The van der Waals surface area contributed by atoms with Crippen LogP contribution in [0, 0.1) is 13.8 Å². The number of ether oxygens (including phenoxy) is 2. The Hall–Kier alpha value is -2.93. The Labute approximate surface area is 187 Å². The van der Waals surface area contributed by atoms with Gasteiger partial charge < -0.3 is 19.7 Å². The Bertz CT molecular complexity index is 1070.